The molecule has 0 bridgehead atoms. The van der Waals surface area contributed by atoms with Gasteiger partial charge in [-0.15, -0.1) is 0 Å². The van der Waals surface area contributed by atoms with Crippen LogP contribution < -0.4 is 4.74 Å². The van der Waals surface area contributed by atoms with Crippen LogP contribution in [0.15, 0.2) is 36.5 Å². The maximum absolute atomic E-state index is 9.39. The number of aliphatic hydroxyl groups is 1. The van der Waals surface area contributed by atoms with Crippen LogP contribution in [0.5, 0.6) is 5.75 Å². The summed E-state index contributed by atoms with van der Waals surface area (Å²) in [6.45, 7) is 5.02. The number of benzene rings is 1. The average molecular weight is 255 g/mol. The van der Waals surface area contributed by atoms with Gasteiger partial charge < -0.3 is 9.84 Å². The summed E-state index contributed by atoms with van der Waals surface area (Å²) in [7, 11) is 0. The molecule has 0 saturated heterocycles. The van der Waals surface area contributed by atoms with Crippen molar-refractivity contribution in [2.45, 2.75) is 25.9 Å². The fourth-order valence-corrected chi connectivity index (χ4v) is 2.52. The molecule has 3 nitrogen and oxygen atoms in total. The first kappa shape index (κ1) is 12.2. The maximum Gasteiger partial charge on any atom is 0.123 e. The molecule has 2 aromatic rings. The summed E-state index contributed by atoms with van der Waals surface area (Å²) >= 11 is 0. The lowest BCUT2D eigenvalue weighted by molar-refractivity contribution is 0.277. The Balaban J connectivity index is 2.13. The number of aromatic nitrogens is 1. The van der Waals surface area contributed by atoms with Crippen molar-refractivity contribution in [1.29, 1.82) is 0 Å². The van der Waals surface area contributed by atoms with Crippen LogP contribution in [-0.2, 0) is 12.0 Å². The van der Waals surface area contributed by atoms with Gasteiger partial charge in [-0.1, -0.05) is 26.0 Å². The number of aliphatic hydroxyl groups excluding tert-OH is 1. The minimum atomic E-state index is -0.0485. The Hall–Kier alpha value is -1.87. The van der Waals surface area contributed by atoms with Gasteiger partial charge in [0.25, 0.3) is 0 Å². The standard InChI is InChI=1S/C16H17NO2/c1-16(2)10-19-15-6-5-11(8-13(15)16)12-4-3-7-17-14(12)9-18/h3-8,18H,9-10H2,1-2H3. The number of nitrogens with zero attached hydrogens (tertiary/aromatic N) is 1. The summed E-state index contributed by atoms with van der Waals surface area (Å²) in [6.07, 6.45) is 1.70. The van der Waals surface area contributed by atoms with Gasteiger partial charge in [-0.3, -0.25) is 4.98 Å². The van der Waals surface area contributed by atoms with E-state index in [1.807, 2.05) is 24.3 Å². The highest BCUT2D eigenvalue weighted by atomic mass is 16.5. The first-order chi connectivity index (χ1) is 9.12. The van der Waals surface area contributed by atoms with Gasteiger partial charge in [0.1, 0.15) is 5.75 Å². The molecule has 1 N–H and O–H groups in total. The van der Waals surface area contributed by atoms with Gasteiger partial charge in [-0.25, -0.2) is 0 Å². The molecule has 0 spiro atoms. The highest BCUT2D eigenvalue weighted by Gasteiger charge is 2.31. The van der Waals surface area contributed by atoms with Crippen LogP contribution in [0.3, 0.4) is 0 Å². The number of hydrogen-bond donors (Lipinski definition) is 1. The van der Waals surface area contributed by atoms with Crippen molar-refractivity contribution in [2.24, 2.45) is 0 Å². The van der Waals surface area contributed by atoms with E-state index in [0.717, 1.165) is 16.9 Å². The summed E-state index contributed by atoms with van der Waals surface area (Å²) in [5, 5.41) is 9.39. The Morgan fingerprint density at radius 2 is 2.16 bits per heavy atom. The van der Waals surface area contributed by atoms with Crippen LogP contribution in [0.2, 0.25) is 0 Å². The first-order valence-corrected chi connectivity index (χ1v) is 6.44. The van der Waals surface area contributed by atoms with Crippen molar-refractivity contribution < 1.29 is 9.84 Å². The Morgan fingerprint density at radius 3 is 2.95 bits per heavy atom. The average Bonchev–Trinajstić information content (AvgIpc) is 2.74. The number of pyridine rings is 1. The van der Waals surface area contributed by atoms with E-state index in [9.17, 15) is 5.11 Å². The van der Waals surface area contributed by atoms with Crippen LogP contribution >= 0.6 is 0 Å². The lowest BCUT2D eigenvalue weighted by Crippen LogP contribution is -2.18. The lowest BCUT2D eigenvalue weighted by Gasteiger charge is -2.16. The summed E-state index contributed by atoms with van der Waals surface area (Å²) < 4.78 is 5.70. The van der Waals surface area contributed by atoms with E-state index in [2.05, 4.69) is 24.9 Å². The van der Waals surface area contributed by atoms with Crippen LogP contribution in [0.25, 0.3) is 11.1 Å². The molecule has 2 heterocycles. The molecule has 0 saturated carbocycles. The molecule has 1 aromatic heterocycles. The third-order valence-corrected chi connectivity index (χ3v) is 3.65. The van der Waals surface area contributed by atoms with Gasteiger partial charge in [-0.2, -0.15) is 0 Å². The lowest BCUT2D eigenvalue weighted by atomic mass is 9.85. The van der Waals surface area contributed by atoms with Crippen molar-refractivity contribution in [3.8, 4) is 16.9 Å². The highest BCUT2D eigenvalue weighted by Crippen LogP contribution is 2.40. The molecule has 0 atom stereocenters. The largest absolute Gasteiger partial charge is 0.492 e. The van der Waals surface area contributed by atoms with Gasteiger partial charge in [0, 0.05) is 22.7 Å². The van der Waals surface area contributed by atoms with Crippen LogP contribution in [0, 0.1) is 0 Å². The molecule has 3 heteroatoms. The van der Waals surface area contributed by atoms with Crippen molar-refractivity contribution in [3.63, 3.8) is 0 Å². The van der Waals surface area contributed by atoms with E-state index in [1.165, 1.54) is 5.56 Å². The molecule has 0 aliphatic carbocycles. The summed E-state index contributed by atoms with van der Waals surface area (Å²) in [5.41, 5.74) is 4.02. The number of hydrogen-bond acceptors (Lipinski definition) is 3. The predicted octanol–water partition coefficient (Wildman–Crippen LogP) is 2.91. The second kappa shape index (κ2) is 4.35. The van der Waals surface area contributed by atoms with E-state index < -0.39 is 0 Å². The van der Waals surface area contributed by atoms with E-state index in [0.29, 0.717) is 12.3 Å². The third kappa shape index (κ3) is 2.00. The van der Waals surface area contributed by atoms with E-state index in [1.54, 1.807) is 6.20 Å². The first-order valence-electron chi connectivity index (χ1n) is 6.44. The Kier molecular flexibility index (Phi) is 2.79. The second-order valence-corrected chi connectivity index (χ2v) is 5.54. The molecule has 98 valence electrons. The summed E-state index contributed by atoms with van der Waals surface area (Å²) in [5.74, 6) is 0.961. The SMILES string of the molecule is CC1(C)COc2ccc(-c3cccnc3CO)cc21. The zero-order valence-corrected chi connectivity index (χ0v) is 11.2. The van der Waals surface area contributed by atoms with Crippen LogP contribution in [0.1, 0.15) is 25.1 Å². The van der Waals surface area contributed by atoms with Crippen LogP contribution in [-0.4, -0.2) is 16.7 Å². The van der Waals surface area contributed by atoms with Gasteiger partial charge >= 0.3 is 0 Å². The molecule has 3 rings (SSSR count). The molecule has 1 aromatic carbocycles. The molecular weight excluding hydrogens is 238 g/mol. The Morgan fingerprint density at radius 1 is 1.32 bits per heavy atom. The summed E-state index contributed by atoms with van der Waals surface area (Å²) in [4.78, 5) is 4.22. The second-order valence-electron chi connectivity index (χ2n) is 5.54. The molecule has 19 heavy (non-hydrogen) atoms. The van der Waals surface area contributed by atoms with E-state index in [4.69, 9.17) is 4.74 Å². The van der Waals surface area contributed by atoms with E-state index in [-0.39, 0.29) is 12.0 Å². The monoisotopic (exact) mass is 255 g/mol. The summed E-state index contributed by atoms with van der Waals surface area (Å²) in [6, 6.07) is 10.1. The van der Waals surface area contributed by atoms with Gasteiger partial charge in [-0.05, 0) is 23.8 Å². The Labute approximate surface area is 112 Å². The van der Waals surface area contributed by atoms with Crippen molar-refractivity contribution in [1.82, 2.24) is 4.98 Å². The third-order valence-electron chi connectivity index (χ3n) is 3.65. The zero-order chi connectivity index (χ0) is 13.5. The molecule has 0 amide bonds. The van der Waals surface area contributed by atoms with Gasteiger partial charge in [0.05, 0.1) is 18.9 Å². The molecule has 0 radical (unpaired) electrons. The normalized spacial score (nSPS) is 15.9. The van der Waals surface area contributed by atoms with Crippen LogP contribution in [0.4, 0.5) is 0 Å². The maximum atomic E-state index is 9.39. The van der Waals surface area contributed by atoms with Crippen molar-refractivity contribution in [3.05, 3.63) is 47.8 Å². The topological polar surface area (TPSA) is 42.4 Å². The molecule has 0 fully saturated rings. The fourth-order valence-electron chi connectivity index (χ4n) is 2.52. The van der Waals surface area contributed by atoms with E-state index >= 15 is 0 Å². The predicted molar refractivity (Wildman–Crippen MR) is 74.1 cm³/mol. The molecule has 1 aliphatic rings. The Bertz CT molecular complexity index is 620. The smallest absolute Gasteiger partial charge is 0.123 e. The highest BCUT2D eigenvalue weighted by molar-refractivity contribution is 5.68. The number of ether oxygens (including phenoxy) is 1. The minimum absolute atomic E-state index is 0.0347. The molecular formula is C16H17NO2. The zero-order valence-electron chi connectivity index (χ0n) is 11.2. The van der Waals surface area contributed by atoms with Crippen molar-refractivity contribution in [2.75, 3.05) is 6.61 Å². The van der Waals surface area contributed by atoms with Crippen molar-refractivity contribution >= 4 is 0 Å². The minimum Gasteiger partial charge on any atom is -0.492 e. The number of rotatable bonds is 2. The molecule has 0 unspecified atom stereocenters. The number of fused-ring (bicyclic) bond motifs is 1. The van der Waals surface area contributed by atoms with Gasteiger partial charge in [0.2, 0.25) is 0 Å². The quantitative estimate of drug-likeness (QED) is 0.897. The fraction of sp³-hybridized carbons (Fsp3) is 0.312. The molecule has 1 aliphatic heterocycles. The van der Waals surface area contributed by atoms with Gasteiger partial charge in [0.15, 0.2) is 0 Å².